The highest BCUT2D eigenvalue weighted by Crippen LogP contribution is 2.27. The molecule has 0 atom stereocenters. The topological polar surface area (TPSA) is 30.9 Å². The zero-order valence-electron chi connectivity index (χ0n) is 14.6. The Morgan fingerprint density at radius 3 is 2.74 bits per heavy atom. The average molecular weight is 314 g/mol. The second-order valence-corrected chi connectivity index (χ2v) is 6.67. The molecule has 0 amide bonds. The van der Waals surface area contributed by atoms with Gasteiger partial charge in [-0.1, -0.05) is 25.1 Å². The van der Waals surface area contributed by atoms with E-state index >= 15 is 0 Å². The molecule has 4 heteroatoms. The van der Waals surface area contributed by atoms with Crippen molar-refractivity contribution in [1.82, 2.24) is 10.2 Å². The molecule has 2 heterocycles. The van der Waals surface area contributed by atoms with E-state index in [-0.39, 0.29) is 0 Å². The van der Waals surface area contributed by atoms with Crippen LogP contribution >= 0.6 is 0 Å². The van der Waals surface area contributed by atoms with Crippen LogP contribution in [-0.2, 0) is 6.42 Å². The van der Waals surface area contributed by atoms with Crippen LogP contribution in [0, 0.1) is 5.92 Å². The molecule has 2 aliphatic rings. The van der Waals surface area contributed by atoms with Gasteiger partial charge in [0, 0.05) is 25.8 Å². The van der Waals surface area contributed by atoms with Crippen molar-refractivity contribution in [2.75, 3.05) is 44.7 Å². The largest absolute Gasteiger partial charge is 0.356 e. The van der Waals surface area contributed by atoms with Crippen LogP contribution in [0.5, 0.6) is 0 Å². The van der Waals surface area contributed by atoms with Crippen molar-refractivity contribution in [2.45, 2.75) is 32.6 Å². The first kappa shape index (κ1) is 16.3. The Morgan fingerprint density at radius 2 is 2.00 bits per heavy atom. The first-order valence-electron chi connectivity index (χ1n) is 9.10. The van der Waals surface area contributed by atoms with Crippen molar-refractivity contribution in [3.05, 3.63) is 29.8 Å². The van der Waals surface area contributed by atoms with E-state index in [1.54, 1.807) is 0 Å². The second kappa shape index (κ2) is 7.82. The van der Waals surface area contributed by atoms with Gasteiger partial charge in [-0.25, -0.2) is 0 Å². The zero-order valence-corrected chi connectivity index (χ0v) is 14.6. The summed E-state index contributed by atoms with van der Waals surface area (Å²) in [4.78, 5) is 9.39. The third-order valence-corrected chi connectivity index (χ3v) is 5.34. The SMILES string of the molecule is CCN1CCC(CCNC(=NC)N2CCc3ccccc32)CC1. The number of guanidine groups is 1. The lowest BCUT2D eigenvalue weighted by Gasteiger charge is -2.31. The van der Waals surface area contributed by atoms with E-state index in [1.165, 1.54) is 50.1 Å². The Hall–Kier alpha value is -1.55. The quantitative estimate of drug-likeness (QED) is 0.685. The number of anilines is 1. The summed E-state index contributed by atoms with van der Waals surface area (Å²) in [6.07, 6.45) is 5.07. The number of para-hydroxylation sites is 1. The third-order valence-electron chi connectivity index (χ3n) is 5.34. The number of rotatable bonds is 4. The van der Waals surface area contributed by atoms with Gasteiger partial charge in [0.05, 0.1) is 0 Å². The highest BCUT2D eigenvalue weighted by atomic mass is 15.3. The number of nitrogens with one attached hydrogen (secondary N) is 1. The van der Waals surface area contributed by atoms with Crippen LogP contribution in [0.4, 0.5) is 5.69 Å². The molecule has 4 nitrogen and oxygen atoms in total. The standard InChI is InChI=1S/C19H30N4/c1-3-22-13-9-16(10-14-22)8-12-21-19(20-2)23-15-11-17-6-4-5-7-18(17)23/h4-7,16H,3,8-15H2,1-2H3,(H,20,21). The molecule has 2 aliphatic heterocycles. The van der Waals surface area contributed by atoms with Crippen LogP contribution in [0.3, 0.4) is 0 Å². The fraction of sp³-hybridized carbons (Fsp3) is 0.632. The molecule has 0 unspecified atom stereocenters. The normalized spacial score (nSPS) is 19.9. The lowest BCUT2D eigenvalue weighted by atomic mass is 9.93. The highest BCUT2D eigenvalue weighted by Gasteiger charge is 2.23. The fourth-order valence-electron chi connectivity index (χ4n) is 3.83. The van der Waals surface area contributed by atoms with Crippen LogP contribution in [0.1, 0.15) is 31.7 Å². The summed E-state index contributed by atoms with van der Waals surface area (Å²) in [6, 6.07) is 8.67. The van der Waals surface area contributed by atoms with Crippen molar-refractivity contribution < 1.29 is 0 Å². The van der Waals surface area contributed by atoms with Crippen LogP contribution in [0.15, 0.2) is 29.3 Å². The van der Waals surface area contributed by atoms with Gasteiger partial charge in [0.15, 0.2) is 5.96 Å². The molecular weight excluding hydrogens is 284 g/mol. The highest BCUT2D eigenvalue weighted by molar-refractivity contribution is 5.97. The summed E-state index contributed by atoms with van der Waals surface area (Å²) in [5.74, 6) is 1.90. The molecule has 1 fully saturated rings. The van der Waals surface area contributed by atoms with E-state index in [0.29, 0.717) is 0 Å². The molecule has 0 saturated carbocycles. The first-order valence-corrected chi connectivity index (χ1v) is 9.10. The minimum Gasteiger partial charge on any atom is -0.356 e. The summed E-state index contributed by atoms with van der Waals surface area (Å²) in [7, 11) is 1.89. The van der Waals surface area contributed by atoms with E-state index < -0.39 is 0 Å². The molecule has 126 valence electrons. The molecule has 1 N–H and O–H groups in total. The van der Waals surface area contributed by atoms with Crippen molar-refractivity contribution >= 4 is 11.6 Å². The predicted molar refractivity (Wildman–Crippen MR) is 98.3 cm³/mol. The van der Waals surface area contributed by atoms with Gasteiger partial charge in [0.25, 0.3) is 0 Å². The van der Waals surface area contributed by atoms with E-state index in [2.05, 4.69) is 51.3 Å². The van der Waals surface area contributed by atoms with E-state index in [0.717, 1.165) is 31.4 Å². The maximum atomic E-state index is 4.50. The molecule has 1 saturated heterocycles. The van der Waals surface area contributed by atoms with Crippen molar-refractivity contribution in [2.24, 2.45) is 10.9 Å². The van der Waals surface area contributed by atoms with E-state index in [4.69, 9.17) is 0 Å². The fourth-order valence-corrected chi connectivity index (χ4v) is 3.83. The predicted octanol–water partition coefficient (Wildman–Crippen LogP) is 2.75. The number of hydrogen-bond acceptors (Lipinski definition) is 2. The molecule has 3 rings (SSSR count). The number of benzene rings is 1. The minimum atomic E-state index is 0.870. The van der Waals surface area contributed by atoms with Gasteiger partial charge in [-0.05, 0) is 62.9 Å². The average Bonchev–Trinajstić information content (AvgIpc) is 3.03. The van der Waals surface area contributed by atoms with Crippen LogP contribution in [0.2, 0.25) is 0 Å². The summed E-state index contributed by atoms with van der Waals surface area (Å²) in [6.45, 7) is 8.08. The van der Waals surface area contributed by atoms with Crippen LogP contribution in [0.25, 0.3) is 0 Å². The van der Waals surface area contributed by atoms with Gasteiger partial charge in [-0.15, -0.1) is 0 Å². The summed E-state index contributed by atoms with van der Waals surface area (Å²) < 4.78 is 0. The third kappa shape index (κ3) is 3.86. The maximum absolute atomic E-state index is 4.50. The number of piperidine rings is 1. The number of fused-ring (bicyclic) bond motifs is 1. The zero-order chi connectivity index (χ0) is 16.1. The number of likely N-dealkylation sites (tertiary alicyclic amines) is 1. The van der Waals surface area contributed by atoms with E-state index in [9.17, 15) is 0 Å². The summed E-state index contributed by atoms with van der Waals surface area (Å²) >= 11 is 0. The lowest BCUT2D eigenvalue weighted by molar-refractivity contribution is 0.187. The van der Waals surface area contributed by atoms with Crippen LogP contribution in [-0.4, -0.2) is 50.6 Å². The number of aliphatic imine (C=N–C) groups is 1. The Balaban J connectivity index is 1.48. The molecule has 0 aliphatic carbocycles. The van der Waals surface area contributed by atoms with Gasteiger partial charge in [0.1, 0.15) is 0 Å². The maximum Gasteiger partial charge on any atom is 0.198 e. The summed E-state index contributed by atoms with van der Waals surface area (Å²) in [5.41, 5.74) is 2.75. The number of hydrogen-bond donors (Lipinski definition) is 1. The molecule has 23 heavy (non-hydrogen) atoms. The molecule has 0 radical (unpaired) electrons. The number of nitrogens with zero attached hydrogens (tertiary/aromatic N) is 3. The van der Waals surface area contributed by atoms with Gasteiger partial charge < -0.3 is 15.1 Å². The molecule has 0 aromatic heterocycles. The van der Waals surface area contributed by atoms with Gasteiger partial charge in [-0.3, -0.25) is 4.99 Å². The van der Waals surface area contributed by atoms with Gasteiger partial charge in [-0.2, -0.15) is 0 Å². The molecule has 1 aromatic rings. The van der Waals surface area contributed by atoms with Crippen molar-refractivity contribution in [1.29, 1.82) is 0 Å². The Labute approximate surface area is 140 Å². The minimum absolute atomic E-state index is 0.870. The van der Waals surface area contributed by atoms with Gasteiger partial charge in [0.2, 0.25) is 0 Å². The Bertz CT molecular complexity index is 532. The second-order valence-electron chi connectivity index (χ2n) is 6.67. The molecular formula is C19H30N4. The monoisotopic (exact) mass is 314 g/mol. The Morgan fingerprint density at radius 1 is 1.22 bits per heavy atom. The molecule has 1 aromatic carbocycles. The van der Waals surface area contributed by atoms with Gasteiger partial charge >= 0.3 is 0 Å². The first-order chi connectivity index (χ1) is 11.3. The summed E-state index contributed by atoms with van der Waals surface area (Å²) in [5, 5.41) is 3.59. The van der Waals surface area contributed by atoms with Crippen molar-refractivity contribution in [3.63, 3.8) is 0 Å². The van der Waals surface area contributed by atoms with Crippen molar-refractivity contribution in [3.8, 4) is 0 Å². The van der Waals surface area contributed by atoms with Crippen LogP contribution < -0.4 is 10.2 Å². The Kier molecular flexibility index (Phi) is 5.55. The molecule has 0 bridgehead atoms. The lowest BCUT2D eigenvalue weighted by Crippen LogP contribution is -2.42. The van der Waals surface area contributed by atoms with E-state index in [1.807, 2.05) is 7.05 Å². The smallest absolute Gasteiger partial charge is 0.198 e. The molecule has 0 spiro atoms.